The predicted molar refractivity (Wildman–Crippen MR) is 143 cm³/mol. The van der Waals surface area contributed by atoms with E-state index in [1.165, 1.54) is 7.05 Å². The zero-order valence-corrected chi connectivity index (χ0v) is 21.8. The molecule has 0 aliphatic carbocycles. The number of hydrogen-bond donors (Lipinski definition) is 2. The molecule has 0 saturated heterocycles. The van der Waals surface area contributed by atoms with Gasteiger partial charge in [0.2, 0.25) is 5.12 Å². The number of carbonyl (C=O) groups excluding carboxylic acids is 2. The molecule has 188 valence electrons. The average molecular weight is 525 g/mol. The Bertz CT molecular complexity index is 1340. The molecule has 0 unspecified atom stereocenters. The largest absolute Gasteiger partial charge is 0.445 e. The molecule has 1 atom stereocenters. The SMILES string of the molecule is C=C(c1ccccc1C[C@H](NC(=O)OCc1ccccc1)C(=O)S)N(C)S(=O)(=O)c1ccc(C)cc1. The van der Waals surface area contributed by atoms with Crippen LogP contribution in [0.25, 0.3) is 5.70 Å². The van der Waals surface area contributed by atoms with E-state index >= 15 is 0 Å². The number of nitrogens with one attached hydrogen (secondary N) is 1. The van der Waals surface area contributed by atoms with Gasteiger partial charge in [-0.1, -0.05) is 78.9 Å². The van der Waals surface area contributed by atoms with Crippen molar-refractivity contribution >= 4 is 39.6 Å². The fraction of sp³-hybridized carbons (Fsp3) is 0.185. The first-order valence-corrected chi connectivity index (χ1v) is 13.0. The van der Waals surface area contributed by atoms with E-state index in [9.17, 15) is 18.0 Å². The molecule has 7 nitrogen and oxygen atoms in total. The van der Waals surface area contributed by atoms with Gasteiger partial charge in [0.15, 0.2) is 0 Å². The Morgan fingerprint density at radius 1 is 1.00 bits per heavy atom. The number of aryl methyl sites for hydroxylation is 1. The van der Waals surface area contributed by atoms with Crippen molar-refractivity contribution in [1.29, 1.82) is 0 Å². The molecule has 1 amide bonds. The van der Waals surface area contributed by atoms with E-state index in [0.29, 0.717) is 11.1 Å². The normalized spacial score (nSPS) is 11.9. The Morgan fingerprint density at radius 2 is 1.61 bits per heavy atom. The van der Waals surface area contributed by atoms with Gasteiger partial charge in [0, 0.05) is 19.0 Å². The van der Waals surface area contributed by atoms with Gasteiger partial charge in [-0.05, 0) is 30.2 Å². The molecule has 3 rings (SSSR count). The molecule has 3 aromatic rings. The van der Waals surface area contributed by atoms with Crippen LogP contribution in [0.1, 0.15) is 22.3 Å². The van der Waals surface area contributed by atoms with Crippen LogP contribution in [0.5, 0.6) is 0 Å². The summed E-state index contributed by atoms with van der Waals surface area (Å²) in [6, 6.07) is 21.7. The van der Waals surface area contributed by atoms with Gasteiger partial charge in [0.05, 0.1) is 10.6 Å². The Balaban J connectivity index is 1.76. The first kappa shape index (κ1) is 27.0. The summed E-state index contributed by atoms with van der Waals surface area (Å²) in [4.78, 5) is 24.7. The molecule has 1 N–H and O–H groups in total. The van der Waals surface area contributed by atoms with Crippen LogP contribution in [-0.4, -0.2) is 37.0 Å². The van der Waals surface area contributed by atoms with E-state index in [4.69, 9.17) is 4.74 Å². The molecule has 0 aliphatic heterocycles. The first-order chi connectivity index (χ1) is 17.1. The summed E-state index contributed by atoms with van der Waals surface area (Å²) in [5.74, 6) is 0. The number of benzene rings is 3. The van der Waals surface area contributed by atoms with Crippen molar-refractivity contribution in [2.45, 2.75) is 30.9 Å². The number of sulfonamides is 1. The van der Waals surface area contributed by atoms with E-state index in [-0.39, 0.29) is 23.6 Å². The second kappa shape index (κ2) is 11.9. The lowest BCUT2D eigenvalue weighted by atomic mass is 9.99. The molecule has 9 heteroatoms. The standard InChI is InChI=1S/C27H28N2O5S2/c1-19-13-15-23(16-14-19)36(32,33)29(3)20(2)24-12-8-7-11-22(24)17-25(26(30)35)28-27(31)34-18-21-9-5-4-6-10-21/h4-16,25H,2,17-18H2,1,3H3,(H,28,31)(H,30,35)/t25-/m0/s1. The van der Waals surface area contributed by atoms with Crippen LogP contribution in [0.15, 0.2) is 90.3 Å². The lowest BCUT2D eigenvalue weighted by Gasteiger charge is -2.24. The van der Waals surface area contributed by atoms with Gasteiger partial charge in [-0.2, -0.15) is 0 Å². The number of rotatable bonds is 10. The van der Waals surface area contributed by atoms with Crippen molar-refractivity contribution in [1.82, 2.24) is 9.62 Å². The lowest BCUT2D eigenvalue weighted by Crippen LogP contribution is -2.41. The molecular weight excluding hydrogens is 496 g/mol. The summed E-state index contributed by atoms with van der Waals surface area (Å²) < 4.78 is 32.6. The van der Waals surface area contributed by atoms with Gasteiger partial charge >= 0.3 is 6.09 Å². The molecule has 0 spiro atoms. The maximum atomic E-state index is 13.2. The van der Waals surface area contributed by atoms with Crippen LogP contribution < -0.4 is 5.32 Å². The minimum atomic E-state index is -3.86. The summed E-state index contributed by atoms with van der Waals surface area (Å²) in [7, 11) is -2.43. The summed E-state index contributed by atoms with van der Waals surface area (Å²) in [5.41, 5.74) is 3.11. The van der Waals surface area contributed by atoms with Crippen LogP contribution in [0.4, 0.5) is 4.79 Å². The highest BCUT2D eigenvalue weighted by Crippen LogP contribution is 2.27. The monoisotopic (exact) mass is 524 g/mol. The van der Waals surface area contributed by atoms with Gasteiger partial charge in [-0.3, -0.25) is 9.10 Å². The average Bonchev–Trinajstić information content (AvgIpc) is 2.87. The summed E-state index contributed by atoms with van der Waals surface area (Å²) in [6.07, 6.45) is -0.697. The molecule has 0 fully saturated rings. The van der Waals surface area contributed by atoms with Crippen molar-refractivity contribution in [3.05, 3.63) is 108 Å². The molecule has 0 heterocycles. The minimum absolute atomic E-state index is 0.0508. The molecule has 0 bridgehead atoms. The first-order valence-electron chi connectivity index (χ1n) is 11.1. The molecule has 0 radical (unpaired) electrons. The van der Waals surface area contributed by atoms with Crippen molar-refractivity contribution in [3.8, 4) is 0 Å². The number of nitrogens with zero attached hydrogens (tertiary/aromatic N) is 1. The summed E-state index contributed by atoms with van der Waals surface area (Å²) >= 11 is 3.93. The zero-order valence-electron chi connectivity index (χ0n) is 20.0. The molecular formula is C27H28N2O5S2. The second-order valence-electron chi connectivity index (χ2n) is 8.19. The second-order valence-corrected chi connectivity index (χ2v) is 10.6. The fourth-order valence-electron chi connectivity index (χ4n) is 3.49. The smallest absolute Gasteiger partial charge is 0.408 e. The molecule has 36 heavy (non-hydrogen) atoms. The highest BCUT2D eigenvalue weighted by Gasteiger charge is 2.26. The van der Waals surface area contributed by atoms with Crippen LogP contribution in [0.2, 0.25) is 0 Å². The van der Waals surface area contributed by atoms with E-state index in [1.54, 1.807) is 48.5 Å². The van der Waals surface area contributed by atoms with Gasteiger partial charge in [-0.15, -0.1) is 12.6 Å². The number of hydrogen-bond acceptors (Lipinski definition) is 5. The molecule has 0 aromatic heterocycles. The summed E-state index contributed by atoms with van der Waals surface area (Å²) in [6.45, 7) is 5.93. The van der Waals surface area contributed by atoms with Gasteiger partial charge < -0.3 is 10.1 Å². The molecule has 3 aromatic carbocycles. The Kier molecular flexibility index (Phi) is 8.95. The quantitative estimate of drug-likeness (QED) is 0.379. The number of amides is 1. The highest BCUT2D eigenvalue weighted by atomic mass is 32.2. The van der Waals surface area contributed by atoms with Gasteiger partial charge in [0.25, 0.3) is 10.0 Å². The number of thiol groups is 1. The van der Waals surface area contributed by atoms with Crippen LogP contribution in [0, 0.1) is 6.92 Å². The summed E-state index contributed by atoms with van der Waals surface area (Å²) in [5, 5.41) is 1.98. The Hall–Kier alpha value is -3.56. The zero-order chi connectivity index (χ0) is 26.3. The third-order valence-electron chi connectivity index (χ3n) is 5.61. The number of ether oxygens (including phenoxy) is 1. The van der Waals surface area contributed by atoms with E-state index in [1.807, 2.05) is 37.3 Å². The van der Waals surface area contributed by atoms with Crippen LogP contribution in [0.3, 0.4) is 0 Å². The lowest BCUT2D eigenvalue weighted by molar-refractivity contribution is -0.112. The number of alkyl carbamates (subject to hydrolysis) is 1. The Labute approximate surface area is 217 Å². The predicted octanol–water partition coefficient (Wildman–Crippen LogP) is 4.58. The van der Waals surface area contributed by atoms with Crippen molar-refractivity contribution in [3.63, 3.8) is 0 Å². The van der Waals surface area contributed by atoms with Gasteiger partial charge in [-0.25, -0.2) is 13.2 Å². The van der Waals surface area contributed by atoms with Gasteiger partial charge in [0.1, 0.15) is 12.6 Å². The maximum Gasteiger partial charge on any atom is 0.408 e. The van der Waals surface area contributed by atoms with Crippen LogP contribution >= 0.6 is 12.6 Å². The third-order valence-corrected chi connectivity index (χ3v) is 7.74. The van der Waals surface area contributed by atoms with Crippen molar-refractivity contribution < 1.29 is 22.7 Å². The minimum Gasteiger partial charge on any atom is -0.445 e. The third kappa shape index (κ3) is 6.77. The molecule has 0 saturated carbocycles. The van der Waals surface area contributed by atoms with Crippen LogP contribution in [-0.2, 0) is 32.6 Å². The van der Waals surface area contributed by atoms with Crippen molar-refractivity contribution in [2.75, 3.05) is 7.05 Å². The Morgan fingerprint density at radius 3 is 2.25 bits per heavy atom. The fourth-order valence-corrected chi connectivity index (χ4v) is 4.83. The molecule has 0 aliphatic rings. The number of carbonyl (C=O) groups is 2. The highest BCUT2D eigenvalue weighted by molar-refractivity contribution is 7.96. The van der Waals surface area contributed by atoms with E-state index in [2.05, 4.69) is 24.5 Å². The van der Waals surface area contributed by atoms with E-state index < -0.39 is 27.3 Å². The van der Waals surface area contributed by atoms with E-state index in [0.717, 1.165) is 15.4 Å². The van der Waals surface area contributed by atoms with Crippen molar-refractivity contribution in [2.24, 2.45) is 0 Å². The maximum absolute atomic E-state index is 13.2. The topological polar surface area (TPSA) is 92.8 Å².